The zero-order chi connectivity index (χ0) is 43.1. The van der Waals surface area contributed by atoms with Crippen LogP contribution in [0.4, 0.5) is 28.4 Å². The summed E-state index contributed by atoms with van der Waals surface area (Å²) in [4.78, 5) is 4.91. The van der Waals surface area contributed by atoms with E-state index in [9.17, 15) is 0 Å². The van der Waals surface area contributed by atoms with Gasteiger partial charge in [-0.25, -0.2) is 0 Å². The van der Waals surface area contributed by atoms with Crippen LogP contribution >= 0.6 is 0 Å². The lowest BCUT2D eigenvalue weighted by Gasteiger charge is -2.40. The lowest BCUT2D eigenvalue weighted by Crippen LogP contribution is -2.60. The molecule has 2 aliphatic heterocycles. The summed E-state index contributed by atoms with van der Waals surface area (Å²) in [7, 11) is 0. The number of anilines is 5. The second-order valence-electron chi connectivity index (χ2n) is 18.7. The van der Waals surface area contributed by atoms with Crippen LogP contribution in [0, 0.1) is 0 Å². The fraction of sp³-hybridized carbons (Fsp3) is 0.153. The summed E-state index contributed by atoms with van der Waals surface area (Å²) >= 11 is 0. The summed E-state index contributed by atoms with van der Waals surface area (Å²) < 4.78 is 9.92. The van der Waals surface area contributed by atoms with E-state index in [0.717, 1.165) is 51.5 Å². The molecule has 0 atom stereocenters. The smallest absolute Gasteiger partial charge is 0.375 e. The molecule has 0 aliphatic carbocycles. The van der Waals surface area contributed by atoms with Crippen LogP contribution in [0.1, 0.15) is 58.1 Å². The van der Waals surface area contributed by atoms with E-state index >= 15 is 0 Å². The molecule has 8 aromatic carbocycles. The normalized spacial score (nSPS) is 12.9. The fourth-order valence-corrected chi connectivity index (χ4v) is 10.7. The number of furan rings is 1. The Morgan fingerprint density at radius 3 is 2.00 bits per heavy atom. The van der Waals surface area contributed by atoms with Crippen LogP contribution in [0.5, 0.6) is 0 Å². The van der Waals surface area contributed by atoms with Gasteiger partial charge in [0.25, 0.3) is 0 Å². The number of rotatable bonds is 9. The monoisotopic (exact) mass is 827 g/mol. The molecule has 310 valence electrons. The topological polar surface area (TPSA) is 24.6 Å². The molecule has 0 amide bonds. The molecule has 64 heavy (non-hydrogen) atoms. The van der Waals surface area contributed by atoms with E-state index in [1.165, 1.54) is 85.6 Å². The average Bonchev–Trinajstić information content (AvgIpc) is 3.88. The van der Waals surface area contributed by atoms with Crippen molar-refractivity contribution in [1.82, 2.24) is 4.57 Å². The molecule has 5 heteroatoms. The molecular formula is C59H50BN3O. The van der Waals surface area contributed by atoms with Crippen LogP contribution in [-0.4, -0.2) is 11.4 Å². The first-order valence-corrected chi connectivity index (χ1v) is 23.0. The quantitative estimate of drug-likeness (QED) is 0.107. The third-order valence-electron chi connectivity index (χ3n) is 13.7. The van der Waals surface area contributed by atoms with Gasteiger partial charge < -0.3 is 18.7 Å². The molecule has 2 aliphatic rings. The summed E-state index contributed by atoms with van der Waals surface area (Å²) in [5, 5.41) is 3.60. The maximum Gasteiger partial charge on any atom is 0.375 e. The van der Waals surface area contributed by atoms with E-state index in [1.54, 1.807) is 0 Å². The summed E-state index contributed by atoms with van der Waals surface area (Å²) in [5.74, 6) is 0. The largest absolute Gasteiger partial charge is 0.466 e. The minimum Gasteiger partial charge on any atom is -0.466 e. The van der Waals surface area contributed by atoms with Gasteiger partial charge in [0, 0.05) is 50.2 Å². The molecule has 0 N–H and O–H groups in total. The Bertz CT molecular complexity index is 3340. The second kappa shape index (κ2) is 15.0. The van der Waals surface area contributed by atoms with E-state index in [0.29, 0.717) is 0 Å². The molecule has 10 aromatic rings. The van der Waals surface area contributed by atoms with Gasteiger partial charge in [0.1, 0.15) is 11.2 Å². The molecule has 0 fully saturated rings. The van der Waals surface area contributed by atoms with Gasteiger partial charge >= 0.3 is 6.85 Å². The third kappa shape index (κ3) is 5.98. The number of para-hydroxylation sites is 4. The number of hydrogen-bond acceptors (Lipinski definition) is 3. The molecule has 0 saturated carbocycles. The van der Waals surface area contributed by atoms with Gasteiger partial charge in [-0.3, -0.25) is 0 Å². The zero-order valence-corrected chi connectivity index (χ0v) is 37.0. The van der Waals surface area contributed by atoms with Crippen molar-refractivity contribution in [3.8, 4) is 27.9 Å². The number of unbranched alkanes of at least 4 members (excludes halogenated alkanes) is 2. The lowest BCUT2D eigenvalue weighted by atomic mass is 9.46. The first kappa shape index (κ1) is 38.4. The number of fused-ring (bicyclic) bond motifs is 10. The summed E-state index contributed by atoms with van der Waals surface area (Å²) in [6, 6.07) is 67.3. The molecule has 0 radical (unpaired) electrons. The first-order chi connectivity index (χ1) is 31.4. The van der Waals surface area contributed by atoms with Crippen LogP contribution in [0.3, 0.4) is 0 Å². The van der Waals surface area contributed by atoms with Crippen molar-refractivity contribution in [3.63, 3.8) is 0 Å². The Kier molecular flexibility index (Phi) is 8.98. The molecule has 2 aromatic heterocycles. The van der Waals surface area contributed by atoms with Crippen molar-refractivity contribution < 1.29 is 4.42 Å². The van der Waals surface area contributed by atoms with Crippen molar-refractivity contribution in [2.24, 2.45) is 0 Å². The minimum atomic E-state index is -0.224. The number of nitrogens with zero attached hydrogens (tertiary/aromatic N) is 3. The van der Waals surface area contributed by atoms with E-state index < -0.39 is 0 Å². The fourth-order valence-electron chi connectivity index (χ4n) is 10.7. The highest BCUT2D eigenvalue weighted by Gasteiger charge is 2.47. The zero-order valence-electron chi connectivity index (χ0n) is 37.0. The van der Waals surface area contributed by atoms with Crippen LogP contribution in [-0.2, 0) is 11.8 Å². The molecule has 0 saturated heterocycles. The van der Waals surface area contributed by atoms with E-state index in [2.05, 4.69) is 224 Å². The number of hydrogen-bond donors (Lipinski definition) is 0. The summed E-state index contributed by atoms with van der Waals surface area (Å²) in [6.45, 7) is 8.92. The van der Waals surface area contributed by atoms with Crippen LogP contribution in [0.2, 0.25) is 0 Å². The van der Waals surface area contributed by atoms with Crippen LogP contribution in [0.25, 0.3) is 60.7 Å². The highest BCUT2D eigenvalue weighted by Crippen LogP contribution is 2.49. The predicted molar refractivity (Wildman–Crippen MR) is 272 cm³/mol. The molecule has 0 bridgehead atoms. The summed E-state index contributed by atoms with van der Waals surface area (Å²) in [6.07, 6.45) is 4.77. The van der Waals surface area contributed by atoms with Crippen molar-refractivity contribution >= 4 is 79.2 Å². The molecular weight excluding hydrogens is 777 g/mol. The Hall–Kier alpha value is -7.24. The van der Waals surface area contributed by atoms with Gasteiger partial charge in [0.2, 0.25) is 0 Å². The summed E-state index contributed by atoms with van der Waals surface area (Å²) in [5.41, 5.74) is 20.0. The van der Waals surface area contributed by atoms with Gasteiger partial charge in [-0.2, -0.15) is 0 Å². The third-order valence-corrected chi connectivity index (χ3v) is 13.7. The van der Waals surface area contributed by atoms with Crippen molar-refractivity contribution in [1.29, 1.82) is 0 Å². The van der Waals surface area contributed by atoms with E-state index in [4.69, 9.17) is 4.42 Å². The highest BCUT2D eigenvalue weighted by molar-refractivity contribution is 6.93. The maximum absolute atomic E-state index is 7.37. The van der Waals surface area contributed by atoms with Gasteiger partial charge in [0.15, 0.2) is 0 Å². The Labute approximate surface area is 376 Å². The Morgan fingerprint density at radius 1 is 0.594 bits per heavy atom. The SMILES string of the molecule is CCCCCc1ccc(N2B3c4oc5ccc(N(c6ccccc6)c6ccccc6)cc5c4-n4c5ccccc5c5c(-c6ccc(C(C)(C)C)cc6)cc(c3c54)-c3ccccc32)cc1. The van der Waals surface area contributed by atoms with Crippen molar-refractivity contribution in [3.05, 3.63) is 193 Å². The Morgan fingerprint density at radius 2 is 1.28 bits per heavy atom. The van der Waals surface area contributed by atoms with E-state index in [1.807, 2.05) is 0 Å². The van der Waals surface area contributed by atoms with Crippen molar-refractivity contribution in [2.45, 2.75) is 58.8 Å². The number of aromatic nitrogens is 1. The molecule has 0 spiro atoms. The number of aryl methyl sites for hydroxylation is 1. The maximum atomic E-state index is 7.37. The van der Waals surface area contributed by atoms with Gasteiger partial charge in [-0.15, -0.1) is 0 Å². The standard InChI is InChI=1S/C59H50BN3O/c1-5-6-9-18-39-27-33-44(34-28-39)63-52-26-17-14-23-46(52)49-38-48(40-29-31-41(32-30-40)59(2,3)4)54-47-24-15-16-25-51(47)62-56-50-37-45(35-36-53(50)64-58(56)60(63)55(49)57(54)62)61(42-19-10-7-11-20-42)43-21-12-8-13-22-43/h7-8,10-17,19-38H,5-6,9,18H2,1-4H3. The molecule has 0 unspecified atom stereocenters. The molecule has 12 rings (SSSR count). The Balaban J connectivity index is 1.18. The van der Waals surface area contributed by atoms with Crippen molar-refractivity contribution in [2.75, 3.05) is 9.71 Å². The van der Waals surface area contributed by atoms with Crippen LogP contribution < -0.4 is 20.8 Å². The lowest BCUT2D eigenvalue weighted by molar-refractivity contribution is 0.590. The first-order valence-electron chi connectivity index (χ1n) is 23.0. The molecule has 4 heterocycles. The highest BCUT2D eigenvalue weighted by atomic mass is 16.3. The average molecular weight is 828 g/mol. The van der Waals surface area contributed by atoms with Gasteiger partial charge in [-0.1, -0.05) is 150 Å². The van der Waals surface area contributed by atoms with Gasteiger partial charge in [0.05, 0.1) is 16.7 Å². The number of benzene rings is 8. The minimum absolute atomic E-state index is 0.0537. The van der Waals surface area contributed by atoms with E-state index in [-0.39, 0.29) is 12.3 Å². The van der Waals surface area contributed by atoms with Gasteiger partial charge in [-0.05, 0) is 124 Å². The van der Waals surface area contributed by atoms with Crippen LogP contribution in [0.15, 0.2) is 186 Å². The second-order valence-corrected chi connectivity index (χ2v) is 18.7. The predicted octanol–water partition coefficient (Wildman–Crippen LogP) is 14.9. The molecule has 4 nitrogen and oxygen atoms in total.